The van der Waals surface area contributed by atoms with Gasteiger partial charge in [-0.3, -0.25) is 0 Å². The fourth-order valence-electron chi connectivity index (χ4n) is 3.91. The molecule has 3 nitrogen and oxygen atoms in total. The number of hydrogen-bond donors (Lipinski definition) is 0. The number of para-hydroxylation sites is 2. The third-order valence-electron chi connectivity index (χ3n) is 5.27. The van der Waals surface area contributed by atoms with Gasteiger partial charge in [-0.15, -0.1) is 0 Å². The summed E-state index contributed by atoms with van der Waals surface area (Å²) >= 11 is 0. The zero-order valence-electron chi connectivity index (χ0n) is 15.9. The van der Waals surface area contributed by atoms with Gasteiger partial charge in [-0.05, 0) is 54.4 Å². The van der Waals surface area contributed by atoms with Crippen molar-refractivity contribution in [2.24, 2.45) is 0 Å². The molecule has 0 radical (unpaired) electrons. The predicted molar refractivity (Wildman–Crippen MR) is 109 cm³/mol. The van der Waals surface area contributed by atoms with Crippen LogP contribution in [0.4, 0.5) is 17.1 Å². The van der Waals surface area contributed by atoms with Crippen LogP contribution >= 0.6 is 0 Å². The summed E-state index contributed by atoms with van der Waals surface area (Å²) in [5.41, 5.74) is 6.44. The Morgan fingerprint density at radius 1 is 0.852 bits per heavy atom. The molecule has 0 saturated heterocycles. The lowest BCUT2D eigenvalue weighted by Gasteiger charge is -2.42. The van der Waals surface area contributed by atoms with Crippen LogP contribution < -0.4 is 4.90 Å². The molecule has 0 aliphatic carbocycles. The number of fused-ring (bicyclic) bond motifs is 2. The Bertz CT molecular complexity index is 940. The first-order valence-electron chi connectivity index (χ1n) is 9.30. The molecule has 1 heterocycles. The summed E-state index contributed by atoms with van der Waals surface area (Å²) in [6.45, 7) is 6.73. The maximum absolute atomic E-state index is 12.0. The molecule has 4 rings (SSSR count). The molecular weight excluding hydrogens is 334 g/mol. The van der Waals surface area contributed by atoms with E-state index in [1.165, 1.54) is 22.5 Å². The van der Waals surface area contributed by atoms with Crippen LogP contribution in [0.15, 0.2) is 72.8 Å². The average molecular weight is 357 g/mol. The first-order valence-corrected chi connectivity index (χ1v) is 9.30. The molecule has 0 aromatic heterocycles. The van der Waals surface area contributed by atoms with Gasteiger partial charge >= 0.3 is 5.97 Å². The molecule has 1 aliphatic heterocycles. The van der Waals surface area contributed by atoms with Crippen molar-refractivity contribution in [3.63, 3.8) is 0 Å². The standard InChI is InChI=1S/C24H23NO2/c1-4-27-23(26)17-13-15-18(16-14-17)25-21-11-7-5-9-19(21)24(2,3)20-10-6-8-12-22(20)25/h5-16H,4H2,1-3H3. The summed E-state index contributed by atoms with van der Waals surface area (Å²) in [6.07, 6.45) is 0. The molecule has 0 spiro atoms. The molecular formula is C24H23NO2. The molecule has 3 heteroatoms. The van der Waals surface area contributed by atoms with E-state index >= 15 is 0 Å². The summed E-state index contributed by atoms with van der Waals surface area (Å²) in [5, 5.41) is 0. The van der Waals surface area contributed by atoms with E-state index in [0.717, 1.165) is 5.69 Å². The van der Waals surface area contributed by atoms with Crippen molar-refractivity contribution in [3.8, 4) is 0 Å². The Morgan fingerprint density at radius 3 is 1.89 bits per heavy atom. The highest BCUT2D eigenvalue weighted by molar-refractivity contribution is 5.91. The smallest absolute Gasteiger partial charge is 0.338 e. The summed E-state index contributed by atoms with van der Waals surface area (Å²) in [5.74, 6) is -0.287. The number of rotatable bonds is 3. The van der Waals surface area contributed by atoms with Gasteiger partial charge < -0.3 is 9.64 Å². The monoisotopic (exact) mass is 357 g/mol. The van der Waals surface area contributed by atoms with Gasteiger partial charge in [0.1, 0.15) is 0 Å². The molecule has 0 N–H and O–H groups in total. The van der Waals surface area contributed by atoms with E-state index in [-0.39, 0.29) is 11.4 Å². The SMILES string of the molecule is CCOC(=O)c1ccc(N2c3ccccc3C(C)(C)c3ccccc32)cc1. The fraction of sp³-hybridized carbons (Fsp3) is 0.208. The second-order valence-electron chi connectivity index (χ2n) is 7.26. The summed E-state index contributed by atoms with van der Waals surface area (Å²) < 4.78 is 5.10. The minimum absolute atomic E-state index is 0.0748. The second kappa shape index (κ2) is 6.58. The zero-order chi connectivity index (χ0) is 19.0. The highest BCUT2D eigenvalue weighted by Gasteiger charge is 2.36. The number of carbonyl (C=O) groups is 1. The number of nitrogens with zero attached hydrogens (tertiary/aromatic N) is 1. The van der Waals surface area contributed by atoms with Crippen LogP contribution in [0, 0.1) is 0 Å². The van der Waals surface area contributed by atoms with Crippen molar-refractivity contribution in [1.82, 2.24) is 0 Å². The molecule has 0 amide bonds. The number of benzene rings is 3. The van der Waals surface area contributed by atoms with Crippen LogP contribution in [0.3, 0.4) is 0 Å². The molecule has 0 atom stereocenters. The van der Waals surface area contributed by atoms with Gasteiger partial charge in [0.25, 0.3) is 0 Å². The van der Waals surface area contributed by atoms with Crippen LogP contribution in [0.2, 0.25) is 0 Å². The maximum atomic E-state index is 12.0. The molecule has 0 saturated carbocycles. The van der Waals surface area contributed by atoms with E-state index < -0.39 is 0 Å². The molecule has 136 valence electrons. The topological polar surface area (TPSA) is 29.5 Å². The fourth-order valence-corrected chi connectivity index (χ4v) is 3.91. The van der Waals surface area contributed by atoms with Gasteiger partial charge in [-0.25, -0.2) is 4.79 Å². The minimum atomic E-state index is -0.287. The van der Waals surface area contributed by atoms with Gasteiger partial charge in [-0.2, -0.15) is 0 Å². The van der Waals surface area contributed by atoms with Crippen LogP contribution in [-0.2, 0) is 10.2 Å². The van der Waals surface area contributed by atoms with Crippen LogP contribution in [0.1, 0.15) is 42.3 Å². The number of carbonyl (C=O) groups excluding carboxylic acids is 1. The van der Waals surface area contributed by atoms with Crippen molar-refractivity contribution in [3.05, 3.63) is 89.5 Å². The molecule has 3 aromatic carbocycles. The zero-order valence-corrected chi connectivity index (χ0v) is 15.9. The van der Waals surface area contributed by atoms with Crippen molar-refractivity contribution < 1.29 is 9.53 Å². The largest absolute Gasteiger partial charge is 0.462 e. The van der Waals surface area contributed by atoms with Crippen molar-refractivity contribution in [2.75, 3.05) is 11.5 Å². The third kappa shape index (κ3) is 2.80. The Hall–Kier alpha value is -3.07. The van der Waals surface area contributed by atoms with E-state index in [1.54, 1.807) is 0 Å². The number of hydrogen-bond acceptors (Lipinski definition) is 3. The van der Waals surface area contributed by atoms with Gasteiger partial charge in [0.2, 0.25) is 0 Å². The quantitative estimate of drug-likeness (QED) is 0.541. The Kier molecular flexibility index (Phi) is 4.23. The van der Waals surface area contributed by atoms with Crippen LogP contribution in [0.5, 0.6) is 0 Å². The van der Waals surface area contributed by atoms with E-state index in [9.17, 15) is 4.79 Å². The second-order valence-corrected chi connectivity index (χ2v) is 7.26. The van der Waals surface area contributed by atoms with E-state index in [1.807, 2.05) is 31.2 Å². The predicted octanol–water partition coefficient (Wildman–Crippen LogP) is 5.97. The Balaban J connectivity index is 1.85. The molecule has 3 aromatic rings. The Labute approximate surface area is 160 Å². The van der Waals surface area contributed by atoms with Gasteiger partial charge in [0.15, 0.2) is 0 Å². The van der Waals surface area contributed by atoms with Gasteiger partial charge in [0, 0.05) is 11.1 Å². The highest BCUT2D eigenvalue weighted by atomic mass is 16.5. The number of ether oxygens (including phenoxy) is 1. The molecule has 27 heavy (non-hydrogen) atoms. The van der Waals surface area contributed by atoms with E-state index in [4.69, 9.17) is 4.74 Å². The average Bonchev–Trinajstić information content (AvgIpc) is 2.69. The molecule has 1 aliphatic rings. The summed E-state index contributed by atoms with van der Waals surface area (Å²) in [4.78, 5) is 14.2. The van der Waals surface area contributed by atoms with Crippen molar-refractivity contribution in [2.45, 2.75) is 26.2 Å². The lowest BCUT2D eigenvalue weighted by atomic mass is 9.73. The highest BCUT2D eigenvalue weighted by Crippen LogP contribution is 2.51. The van der Waals surface area contributed by atoms with Crippen LogP contribution in [-0.4, -0.2) is 12.6 Å². The minimum Gasteiger partial charge on any atom is -0.462 e. The third-order valence-corrected chi connectivity index (χ3v) is 5.27. The van der Waals surface area contributed by atoms with Gasteiger partial charge in [0.05, 0.1) is 23.5 Å². The lowest BCUT2D eigenvalue weighted by Crippen LogP contribution is -2.30. The normalized spacial score (nSPS) is 14.3. The first-order chi connectivity index (χ1) is 13.0. The van der Waals surface area contributed by atoms with E-state index in [0.29, 0.717) is 12.2 Å². The van der Waals surface area contributed by atoms with Crippen molar-refractivity contribution in [1.29, 1.82) is 0 Å². The Morgan fingerprint density at radius 2 is 1.37 bits per heavy atom. The molecule has 0 bridgehead atoms. The summed E-state index contributed by atoms with van der Waals surface area (Å²) in [6, 6.07) is 24.7. The van der Waals surface area contributed by atoms with Crippen molar-refractivity contribution >= 4 is 23.0 Å². The lowest BCUT2D eigenvalue weighted by molar-refractivity contribution is 0.0526. The summed E-state index contributed by atoms with van der Waals surface area (Å²) in [7, 11) is 0. The van der Waals surface area contributed by atoms with Gasteiger partial charge in [-0.1, -0.05) is 50.2 Å². The van der Waals surface area contributed by atoms with Crippen LogP contribution in [0.25, 0.3) is 0 Å². The number of anilines is 3. The number of esters is 1. The maximum Gasteiger partial charge on any atom is 0.338 e. The first kappa shape index (κ1) is 17.3. The molecule has 0 fully saturated rings. The molecule has 0 unspecified atom stereocenters. The van der Waals surface area contributed by atoms with E-state index in [2.05, 4.69) is 67.3 Å².